The lowest BCUT2D eigenvalue weighted by Crippen LogP contribution is -2.04. The summed E-state index contributed by atoms with van der Waals surface area (Å²) in [5.74, 6) is -2.88. The topological polar surface area (TPSA) is 89.4 Å². The molecule has 0 aliphatic heterocycles. The third kappa shape index (κ3) is 1.49. The number of nitrogens with two attached hydrogens (primary N) is 1. The van der Waals surface area contributed by atoms with Gasteiger partial charge in [0.1, 0.15) is 5.69 Å². The molecule has 0 bridgehead atoms. The van der Waals surface area contributed by atoms with Crippen LogP contribution in [0.5, 0.6) is 0 Å². The number of hydrogen-bond acceptors (Lipinski definition) is 4. The number of nitro groups is 1. The maximum Gasteiger partial charge on any atom is 0.295 e. The van der Waals surface area contributed by atoms with Crippen molar-refractivity contribution >= 4 is 11.4 Å². The third-order valence-electron chi connectivity index (χ3n) is 1.67. The van der Waals surface area contributed by atoms with Gasteiger partial charge in [0.25, 0.3) is 5.69 Å². The van der Waals surface area contributed by atoms with Gasteiger partial charge in [0.15, 0.2) is 11.6 Å². The number of aliphatic hydroxyl groups excluding tert-OH is 1. The van der Waals surface area contributed by atoms with Gasteiger partial charge in [-0.05, 0) is 0 Å². The van der Waals surface area contributed by atoms with Gasteiger partial charge in [0.05, 0.1) is 11.5 Å². The van der Waals surface area contributed by atoms with E-state index in [0.29, 0.717) is 6.07 Å². The van der Waals surface area contributed by atoms with E-state index >= 15 is 0 Å². The summed E-state index contributed by atoms with van der Waals surface area (Å²) in [5, 5.41) is 18.9. The number of anilines is 1. The molecular formula is C7H6F2N2O3. The van der Waals surface area contributed by atoms with Crippen molar-refractivity contribution in [2.75, 3.05) is 5.73 Å². The van der Waals surface area contributed by atoms with Crippen LogP contribution in [0.25, 0.3) is 0 Å². The van der Waals surface area contributed by atoms with E-state index in [2.05, 4.69) is 0 Å². The van der Waals surface area contributed by atoms with Crippen molar-refractivity contribution in [3.63, 3.8) is 0 Å². The Morgan fingerprint density at radius 1 is 1.50 bits per heavy atom. The lowest BCUT2D eigenvalue weighted by molar-refractivity contribution is -0.384. The van der Waals surface area contributed by atoms with Crippen LogP contribution in [0.2, 0.25) is 0 Å². The van der Waals surface area contributed by atoms with Crippen LogP contribution in [-0.2, 0) is 6.61 Å². The van der Waals surface area contributed by atoms with Crippen LogP contribution in [0, 0.1) is 21.7 Å². The zero-order valence-electron chi connectivity index (χ0n) is 6.83. The Labute approximate surface area is 76.9 Å². The smallest absolute Gasteiger partial charge is 0.295 e. The van der Waals surface area contributed by atoms with Crippen molar-refractivity contribution in [1.29, 1.82) is 0 Å². The molecule has 0 aliphatic carbocycles. The summed E-state index contributed by atoms with van der Waals surface area (Å²) in [6.45, 7) is -0.829. The van der Waals surface area contributed by atoms with Gasteiger partial charge >= 0.3 is 0 Å². The molecule has 0 saturated heterocycles. The first-order valence-corrected chi connectivity index (χ1v) is 3.50. The zero-order chi connectivity index (χ0) is 10.9. The van der Waals surface area contributed by atoms with Gasteiger partial charge in [-0.1, -0.05) is 0 Å². The molecule has 0 spiro atoms. The number of nitro benzene ring substituents is 1. The molecule has 76 valence electrons. The molecule has 0 aromatic heterocycles. The van der Waals surface area contributed by atoms with Crippen molar-refractivity contribution in [1.82, 2.24) is 0 Å². The number of benzene rings is 1. The molecule has 0 fully saturated rings. The van der Waals surface area contributed by atoms with E-state index in [4.69, 9.17) is 10.8 Å². The van der Waals surface area contributed by atoms with Gasteiger partial charge in [-0.2, -0.15) is 0 Å². The quantitative estimate of drug-likeness (QED) is 0.426. The van der Waals surface area contributed by atoms with E-state index < -0.39 is 40.1 Å². The molecule has 0 atom stereocenters. The molecule has 0 heterocycles. The second-order valence-corrected chi connectivity index (χ2v) is 2.51. The Kier molecular flexibility index (Phi) is 2.61. The van der Waals surface area contributed by atoms with Crippen LogP contribution in [0.4, 0.5) is 20.2 Å². The minimum atomic E-state index is -1.51. The average molecular weight is 204 g/mol. The van der Waals surface area contributed by atoms with E-state index in [0.717, 1.165) is 0 Å². The summed E-state index contributed by atoms with van der Waals surface area (Å²) in [6.07, 6.45) is 0. The van der Waals surface area contributed by atoms with Crippen LogP contribution < -0.4 is 5.73 Å². The van der Waals surface area contributed by atoms with Crippen molar-refractivity contribution in [2.24, 2.45) is 0 Å². The number of nitrogen functional groups attached to an aromatic ring is 1. The van der Waals surface area contributed by atoms with E-state index in [9.17, 15) is 18.9 Å². The minimum absolute atomic E-state index is 0.497. The summed E-state index contributed by atoms with van der Waals surface area (Å²) < 4.78 is 25.8. The van der Waals surface area contributed by atoms with E-state index in [1.807, 2.05) is 0 Å². The molecule has 5 nitrogen and oxygen atoms in total. The first-order chi connectivity index (χ1) is 6.49. The fourth-order valence-electron chi connectivity index (χ4n) is 0.944. The highest BCUT2D eigenvalue weighted by Gasteiger charge is 2.22. The second-order valence-electron chi connectivity index (χ2n) is 2.51. The van der Waals surface area contributed by atoms with Crippen LogP contribution in [0.1, 0.15) is 5.56 Å². The van der Waals surface area contributed by atoms with Gasteiger partial charge in [-0.25, -0.2) is 8.78 Å². The fraction of sp³-hybridized carbons (Fsp3) is 0.143. The Balaban J connectivity index is 3.48. The Morgan fingerprint density at radius 2 is 2.07 bits per heavy atom. The lowest BCUT2D eigenvalue weighted by atomic mass is 10.1. The molecule has 0 unspecified atom stereocenters. The van der Waals surface area contributed by atoms with E-state index in [1.165, 1.54) is 0 Å². The third-order valence-corrected chi connectivity index (χ3v) is 1.67. The summed E-state index contributed by atoms with van der Waals surface area (Å²) in [4.78, 5) is 9.36. The normalized spacial score (nSPS) is 10.2. The van der Waals surface area contributed by atoms with E-state index in [1.54, 1.807) is 0 Å². The summed E-state index contributed by atoms with van der Waals surface area (Å²) >= 11 is 0. The molecule has 0 saturated carbocycles. The molecule has 7 heteroatoms. The molecular weight excluding hydrogens is 198 g/mol. The molecule has 14 heavy (non-hydrogen) atoms. The zero-order valence-corrected chi connectivity index (χ0v) is 6.83. The van der Waals surface area contributed by atoms with Gasteiger partial charge in [-0.15, -0.1) is 0 Å². The average Bonchev–Trinajstić information content (AvgIpc) is 2.14. The summed E-state index contributed by atoms with van der Waals surface area (Å²) in [5.41, 5.74) is 2.85. The Hall–Kier alpha value is -1.76. The second kappa shape index (κ2) is 3.54. The highest BCUT2D eigenvalue weighted by atomic mass is 19.2. The largest absolute Gasteiger partial charge is 0.392 e. The minimum Gasteiger partial charge on any atom is -0.392 e. The molecule has 1 rings (SSSR count). The number of halogens is 2. The molecule has 0 radical (unpaired) electrons. The van der Waals surface area contributed by atoms with Crippen LogP contribution in [0.15, 0.2) is 6.07 Å². The Bertz CT molecular complexity index is 395. The van der Waals surface area contributed by atoms with Gasteiger partial charge in [0, 0.05) is 11.6 Å². The lowest BCUT2D eigenvalue weighted by Gasteiger charge is -2.03. The van der Waals surface area contributed by atoms with Crippen LogP contribution in [0.3, 0.4) is 0 Å². The standard InChI is InChI=1S/C7H6F2N2O3/c8-5-3(2-12)1-4(11(13)14)7(10)6(5)9/h1,12H,2,10H2. The molecule has 3 N–H and O–H groups in total. The SMILES string of the molecule is Nc1c([N+](=O)[O-])cc(CO)c(F)c1F. The van der Waals surface area contributed by atoms with Gasteiger partial charge in [-0.3, -0.25) is 10.1 Å². The number of aliphatic hydroxyl groups is 1. The van der Waals surface area contributed by atoms with E-state index in [-0.39, 0.29) is 0 Å². The van der Waals surface area contributed by atoms with Crippen LogP contribution in [-0.4, -0.2) is 10.0 Å². The first-order valence-electron chi connectivity index (χ1n) is 3.50. The molecule has 1 aromatic carbocycles. The van der Waals surface area contributed by atoms with Crippen molar-refractivity contribution in [3.8, 4) is 0 Å². The monoisotopic (exact) mass is 204 g/mol. The number of rotatable bonds is 2. The number of hydrogen-bond donors (Lipinski definition) is 2. The molecule has 1 aromatic rings. The summed E-state index contributed by atoms with van der Waals surface area (Å²) in [7, 11) is 0. The van der Waals surface area contributed by atoms with Gasteiger partial charge < -0.3 is 10.8 Å². The highest BCUT2D eigenvalue weighted by molar-refractivity contribution is 5.60. The number of nitrogens with zero attached hydrogens (tertiary/aromatic N) is 1. The summed E-state index contributed by atoms with van der Waals surface area (Å²) in [6, 6.07) is 0.702. The maximum atomic E-state index is 12.9. The molecule has 0 aliphatic rings. The van der Waals surface area contributed by atoms with Crippen LogP contribution >= 0.6 is 0 Å². The maximum absolute atomic E-state index is 12.9. The van der Waals surface area contributed by atoms with Crippen molar-refractivity contribution in [3.05, 3.63) is 33.4 Å². The fourth-order valence-corrected chi connectivity index (χ4v) is 0.944. The predicted molar refractivity (Wildman–Crippen MR) is 43.3 cm³/mol. The molecule has 0 amide bonds. The van der Waals surface area contributed by atoms with Crippen molar-refractivity contribution in [2.45, 2.75) is 6.61 Å². The van der Waals surface area contributed by atoms with Gasteiger partial charge in [0.2, 0.25) is 0 Å². The predicted octanol–water partition coefficient (Wildman–Crippen LogP) is 0.948. The Morgan fingerprint density at radius 3 is 2.50 bits per heavy atom. The van der Waals surface area contributed by atoms with Crippen molar-refractivity contribution < 1.29 is 18.8 Å². The first kappa shape index (κ1) is 10.3. The highest BCUT2D eigenvalue weighted by Crippen LogP contribution is 2.28.